The highest BCUT2D eigenvalue weighted by molar-refractivity contribution is 7.89. The van der Waals surface area contributed by atoms with E-state index in [-0.39, 0.29) is 16.9 Å². The number of aromatic nitrogens is 2. The third-order valence-electron chi connectivity index (χ3n) is 5.28. The summed E-state index contributed by atoms with van der Waals surface area (Å²) in [5.74, 6) is -0.321. The van der Waals surface area contributed by atoms with Crippen molar-refractivity contribution in [1.82, 2.24) is 14.1 Å². The van der Waals surface area contributed by atoms with E-state index in [2.05, 4.69) is 10.4 Å². The van der Waals surface area contributed by atoms with Crippen molar-refractivity contribution in [3.8, 4) is 0 Å². The molecule has 162 valence electrons. The molecule has 0 unspecified atom stereocenters. The number of anilines is 1. The molecule has 1 N–H and O–H groups in total. The first-order chi connectivity index (χ1) is 14.5. The molecule has 0 bridgehead atoms. The first-order valence-corrected chi connectivity index (χ1v) is 11.6. The van der Waals surface area contributed by atoms with Crippen LogP contribution in [0.4, 0.5) is 5.69 Å². The molecule has 0 radical (unpaired) electrons. The summed E-state index contributed by atoms with van der Waals surface area (Å²) in [6.07, 6.45) is 6.80. The zero-order valence-electron chi connectivity index (χ0n) is 16.7. The third kappa shape index (κ3) is 4.89. The molecule has 9 nitrogen and oxygen atoms in total. The second-order valence-corrected chi connectivity index (χ2v) is 9.37. The van der Waals surface area contributed by atoms with E-state index in [1.54, 1.807) is 17.1 Å². The van der Waals surface area contributed by atoms with Gasteiger partial charge in [-0.3, -0.25) is 9.48 Å². The molecule has 2 aliphatic heterocycles. The number of nitrogens with one attached hydrogen (secondary N) is 1. The lowest BCUT2D eigenvalue weighted by Crippen LogP contribution is -2.40. The maximum Gasteiger partial charge on any atom is 0.255 e. The Bertz CT molecular complexity index is 961. The first kappa shape index (κ1) is 21.0. The summed E-state index contributed by atoms with van der Waals surface area (Å²) in [6, 6.07) is 5.96. The van der Waals surface area contributed by atoms with Crippen molar-refractivity contribution in [3.63, 3.8) is 0 Å². The molecule has 3 heterocycles. The number of rotatable bonds is 6. The second kappa shape index (κ2) is 9.25. The van der Waals surface area contributed by atoms with Crippen LogP contribution in [0.25, 0.3) is 0 Å². The topological polar surface area (TPSA) is 103 Å². The van der Waals surface area contributed by atoms with Gasteiger partial charge in [0.05, 0.1) is 42.6 Å². The lowest BCUT2D eigenvalue weighted by molar-refractivity contribution is 0.00400. The molecule has 1 aromatic heterocycles. The van der Waals surface area contributed by atoms with Crippen molar-refractivity contribution in [2.45, 2.75) is 36.8 Å². The van der Waals surface area contributed by atoms with Crippen molar-refractivity contribution < 1.29 is 22.7 Å². The quantitative estimate of drug-likeness (QED) is 0.743. The zero-order chi connectivity index (χ0) is 21.0. The van der Waals surface area contributed by atoms with Gasteiger partial charge in [-0.15, -0.1) is 0 Å². The van der Waals surface area contributed by atoms with E-state index in [4.69, 9.17) is 9.47 Å². The van der Waals surface area contributed by atoms with E-state index in [1.165, 1.54) is 28.6 Å². The number of morpholine rings is 1. The van der Waals surface area contributed by atoms with Gasteiger partial charge in [-0.05, 0) is 43.5 Å². The maximum atomic E-state index is 12.7. The summed E-state index contributed by atoms with van der Waals surface area (Å²) in [5, 5.41) is 7.08. The SMILES string of the molecule is O=C(Nc1cnn(C[C@H]2CCCCO2)c1)c1ccc(S(=O)(=O)N2CCOCC2)cc1. The fraction of sp³-hybridized carbons (Fsp3) is 0.500. The van der Waals surface area contributed by atoms with Crippen LogP contribution in [0, 0.1) is 0 Å². The van der Waals surface area contributed by atoms with Crippen molar-refractivity contribution in [3.05, 3.63) is 42.2 Å². The monoisotopic (exact) mass is 434 g/mol. The average molecular weight is 435 g/mol. The van der Waals surface area contributed by atoms with Gasteiger partial charge in [-0.2, -0.15) is 9.40 Å². The number of amides is 1. The van der Waals surface area contributed by atoms with Gasteiger partial charge in [0.15, 0.2) is 0 Å². The van der Waals surface area contributed by atoms with Crippen LogP contribution in [0.2, 0.25) is 0 Å². The predicted molar refractivity (Wildman–Crippen MR) is 110 cm³/mol. The summed E-state index contributed by atoms with van der Waals surface area (Å²) in [4.78, 5) is 12.7. The van der Waals surface area contributed by atoms with Gasteiger partial charge in [0.25, 0.3) is 5.91 Å². The molecular formula is C20H26N4O5S. The molecule has 0 aliphatic carbocycles. The lowest BCUT2D eigenvalue weighted by Gasteiger charge is -2.26. The van der Waals surface area contributed by atoms with Crippen LogP contribution in [0.3, 0.4) is 0 Å². The van der Waals surface area contributed by atoms with Crippen LogP contribution in [0.15, 0.2) is 41.6 Å². The summed E-state index contributed by atoms with van der Waals surface area (Å²) in [6.45, 7) is 2.89. The molecule has 1 amide bonds. The van der Waals surface area contributed by atoms with E-state index in [9.17, 15) is 13.2 Å². The van der Waals surface area contributed by atoms with Gasteiger partial charge >= 0.3 is 0 Å². The van der Waals surface area contributed by atoms with Gasteiger partial charge < -0.3 is 14.8 Å². The van der Waals surface area contributed by atoms with E-state index in [1.807, 2.05) is 0 Å². The second-order valence-electron chi connectivity index (χ2n) is 7.43. The van der Waals surface area contributed by atoms with Gasteiger partial charge in [0.2, 0.25) is 10.0 Å². The van der Waals surface area contributed by atoms with Crippen LogP contribution < -0.4 is 5.32 Å². The molecule has 2 fully saturated rings. The van der Waals surface area contributed by atoms with E-state index < -0.39 is 10.0 Å². The van der Waals surface area contributed by atoms with E-state index in [0.29, 0.717) is 44.1 Å². The van der Waals surface area contributed by atoms with Crippen LogP contribution in [0.1, 0.15) is 29.6 Å². The molecule has 0 spiro atoms. The molecule has 30 heavy (non-hydrogen) atoms. The highest BCUT2D eigenvalue weighted by Crippen LogP contribution is 2.19. The minimum atomic E-state index is -3.58. The minimum Gasteiger partial charge on any atom is -0.379 e. The Labute approximate surface area is 176 Å². The minimum absolute atomic E-state index is 0.156. The Morgan fingerprint density at radius 3 is 2.60 bits per heavy atom. The Morgan fingerprint density at radius 2 is 1.90 bits per heavy atom. The molecule has 0 saturated carbocycles. The summed E-state index contributed by atoms with van der Waals surface area (Å²) in [5.41, 5.74) is 0.958. The predicted octanol–water partition coefficient (Wildman–Crippen LogP) is 1.73. The Hall–Kier alpha value is -2.27. The molecule has 1 aromatic carbocycles. The largest absolute Gasteiger partial charge is 0.379 e. The molecule has 2 saturated heterocycles. The van der Waals surface area contributed by atoms with Gasteiger partial charge in [0.1, 0.15) is 0 Å². The number of hydrogen-bond acceptors (Lipinski definition) is 6. The van der Waals surface area contributed by atoms with Crippen molar-refractivity contribution in [2.24, 2.45) is 0 Å². The van der Waals surface area contributed by atoms with Gasteiger partial charge in [-0.25, -0.2) is 8.42 Å². The fourth-order valence-corrected chi connectivity index (χ4v) is 5.01. The van der Waals surface area contributed by atoms with Crippen LogP contribution >= 0.6 is 0 Å². The number of benzene rings is 1. The van der Waals surface area contributed by atoms with Crippen LogP contribution in [-0.4, -0.2) is 67.4 Å². The number of carbonyl (C=O) groups is 1. The van der Waals surface area contributed by atoms with E-state index >= 15 is 0 Å². The fourth-order valence-electron chi connectivity index (χ4n) is 3.61. The molecule has 1 atom stereocenters. The molecular weight excluding hydrogens is 408 g/mol. The lowest BCUT2D eigenvalue weighted by atomic mass is 10.1. The van der Waals surface area contributed by atoms with Crippen LogP contribution in [-0.2, 0) is 26.0 Å². The first-order valence-electron chi connectivity index (χ1n) is 10.2. The highest BCUT2D eigenvalue weighted by atomic mass is 32.2. The maximum absolute atomic E-state index is 12.7. The summed E-state index contributed by atoms with van der Waals surface area (Å²) in [7, 11) is -3.58. The molecule has 2 aliphatic rings. The number of sulfonamides is 1. The Balaban J connectivity index is 1.37. The Kier molecular flexibility index (Phi) is 6.47. The molecule has 2 aromatic rings. The van der Waals surface area contributed by atoms with E-state index in [0.717, 1.165) is 25.9 Å². The smallest absolute Gasteiger partial charge is 0.255 e. The summed E-state index contributed by atoms with van der Waals surface area (Å²) < 4.78 is 39.4. The van der Waals surface area contributed by atoms with Crippen molar-refractivity contribution in [2.75, 3.05) is 38.2 Å². The molecule has 10 heteroatoms. The average Bonchev–Trinajstić information content (AvgIpc) is 3.21. The summed E-state index contributed by atoms with van der Waals surface area (Å²) >= 11 is 0. The number of carbonyl (C=O) groups excluding carboxylic acids is 1. The van der Waals surface area contributed by atoms with Gasteiger partial charge in [0, 0.05) is 31.5 Å². The molecule has 4 rings (SSSR count). The highest BCUT2D eigenvalue weighted by Gasteiger charge is 2.26. The Morgan fingerprint density at radius 1 is 1.13 bits per heavy atom. The number of nitrogens with zero attached hydrogens (tertiary/aromatic N) is 3. The zero-order valence-corrected chi connectivity index (χ0v) is 17.5. The van der Waals surface area contributed by atoms with Crippen LogP contribution in [0.5, 0.6) is 0 Å². The number of ether oxygens (including phenoxy) is 2. The third-order valence-corrected chi connectivity index (χ3v) is 7.19. The van der Waals surface area contributed by atoms with Crippen molar-refractivity contribution >= 4 is 21.6 Å². The normalized spacial score (nSPS) is 20.7. The number of hydrogen-bond donors (Lipinski definition) is 1. The van der Waals surface area contributed by atoms with Crippen molar-refractivity contribution in [1.29, 1.82) is 0 Å². The standard InChI is InChI=1S/C20H26N4O5S/c25-20(22-17-13-21-23(14-17)15-18-3-1-2-10-29-18)16-4-6-19(7-5-16)30(26,27)24-8-11-28-12-9-24/h4-7,13-14,18H,1-3,8-12,15H2,(H,22,25)/t18-/m1/s1. The van der Waals surface area contributed by atoms with Gasteiger partial charge in [-0.1, -0.05) is 0 Å².